The summed E-state index contributed by atoms with van der Waals surface area (Å²) < 4.78 is 32.1. The SMILES string of the molecule is Cc1noc(C)c1S(=O)(=O)N1CCN(C/C=C/c2ccccc2)CC1. The fraction of sp³-hybridized carbons (Fsp3) is 0.389. The van der Waals surface area contributed by atoms with E-state index >= 15 is 0 Å². The maximum Gasteiger partial charge on any atom is 0.248 e. The van der Waals surface area contributed by atoms with Gasteiger partial charge >= 0.3 is 0 Å². The molecule has 0 atom stereocenters. The van der Waals surface area contributed by atoms with Crippen LogP contribution >= 0.6 is 0 Å². The number of nitrogens with zero attached hydrogens (tertiary/aromatic N) is 3. The molecule has 0 radical (unpaired) electrons. The van der Waals surface area contributed by atoms with Gasteiger partial charge < -0.3 is 4.52 Å². The summed E-state index contributed by atoms with van der Waals surface area (Å²) in [5.74, 6) is 0.353. The van der Waals surface area contributed by atoms with Crippen LogP contribution in [-0.2, 0) is 10.0 Å². The second-order valence-corrected chi connectivity index (χ2v) is 8.05. The molecule has 1 aliphatic rings. The Kier molecular flexibility index (Phi) is 5.36. The van der Waals surface area contributed by atoms with Gasteiger partial charge in [-0.3, -0.25) is 4.90 Å². The van der Waals surface area contributed by atoms with Crippen LogP contribution in [0.2, 0.25) is 0 Å². The van der Waals surface area contributed by atoms with E-state index in [0.717, 1.165) is 6.54 Å². The molecule has 2 heterocycles. The lowest BCUT2D eigenvalue weighted by Gasteiger charge is -2.33. The monoisotopic (exact) mass is 361 g/mol. The molecule has 1 saturated heterocycles. The molecule has 1 aromatic heterocycles. The summed E-state index contributed by atoms with van der Waals surface area (Å²) in [4.78, 5) is 2.46. The summed E-state index contributed by atoms with van der Waals surface area (Å²) >= 11 is 0. The first kappa shape index (κ1) is 17.8. The van der Waals surface area contributed by atoms with E-state index in [0.29, 0.717) is 37.6 Å². The van der Waals surface area contributed by atoms with Crippen molar-refractivity contribution in [1.29, 1.82) is 0 Å². The normalized spacial score (nSPS) is 17.4. The lowest BCUT2D eigenvalue weighted by atomic mass is 10.2. The summed E-state index contributed by atoms with van der Waals surface area (Å²) in [7, 11) is -3.53. The third-order valence-electron chi connectivity index (χ3n) is 4.37. The first-order chi connectivity index (χ1) is 12.0. The Morgan fingerprint density at radius 2 is 1.80 bits per heavy atom. The maximum atomic E-state index is 12.8. The van der Waals surface area contributed by atoms with Gasteiger partial charge in [-0.25, -0.2) is 8.42 Å². The molecular weight excluding hydrogens is 338 g/mol. The zero-order chi connectivity index (χ0) is 17.9. The fourth-order valence-corrected chi connectivity index (χ4v) is 4.74. The minimum Gasteiger partial charge on any atom is -0.360 e. The van der Waals surface area contributed by atoms with Crippen molar-refractivity contribution in [2.45, 2.75) is 18.7 Å². The zero-order valence-corrected chi connectivity index (χ0v) is 15.4. The Balaban J connectivity index is 1.58. The standard InChI is InChI=1S/C18H23N3O3S/c1-15-18(16(2)24-19-15)25(22,23)21-13-11-20(12-14-21)10-6-9-17-7-4-3-5-8-17/h3-9H,10-14H2,1-2H3/b9-6+. The smallest absolute Gasteiger partial charge is 0.248 e. The van der Waals surface area contributed by atoms with Crippen molar-refractivity contribution in [2.75, 3.05) is 32.7 Å². The van der Waals surface area contributed by atoms with Crippen molar-refractivity contribution in [3.63, 3.8) is 0 Å². The average Bonchev–Trinajstić information content (AvgIpc) is 2.95. The molecule has 6 nitrogen and oxygen atoms in total. The summed E-state index contributed by atoms with van der Waals surface area (Å²) in [5, 5.41) is 3.76. The number of sulfonamides is 1. The van der Waals surface area contributed by atoms with Gasteiger partial charge in [0.05, 0.1) is 0 Å². The Morgan fingerprint density at radius 3 is 2.40 bits per heavy atom. The van der Waals surface area contributed by atoms with Crippen molar-refractivity contribution in [2.24, 2.45) is 0 Å². The number of hydrogen-bond acceptors (Lipinski definition) is 5. The van der Waals surface area contributed by atoms with Crippen LogP contribution in [0.4, 0.5) is 0 Å². The molecule has 0 aliphatic carbocycles. The first-order valence-electron chi connectivity index (χ1n) is 8.35. The molecule has 2 aromatic rings. The Hall–Kier alpha value is -1.96. The minimum atomic E-state index is -3.53. The van der Waals surface area contributed by atoms with Gasteiger partial charge in [0.1, 0.15) is 10.6 Å². The number of aromatic nitrogens is 1. The second kappa shape index (κ2) is 7.51. The molecule has 1 fully saturated rings. The van der Waals surface area contributed by atoms with E-state index in [4.69, 9.17) is 4.52 Å². The molecule has 1 aromatic carbocycles. The van der Waals surface area contributed by atoms with E-state index in [2.05, 4.69) is 34.3 Å². The third-order valence-corrected chi connectivity index (χ3v) is 6.51. The summed E-state index contributed by atoms with van der Waals surface area (Å²) in [5.41, 5.74) is 1.59. The number of piperazine rings is 1. The Labute approximate surface area is 148 Å². The van der Waals surface area contributed by atoms with E-state index < -0.39 is 10.0 Å². The minimum absolute atomic E-state index is 0.213. The topological polar surface area (TPSA) is 66.7 Å². The van der Waals surface area contributed by atoms with E-state index in [9.17, 15) is 8.42 Å². The average molecular weight is 361 g/mol. The van der Waals surface area contributed by atoms with Gasteiger partial charge in [0.15, 0.2) is 5.76 Å². The Morgan fingerprint density at radius 1 is 1.12 bits per heavy atom. The summed E-state index contributed by atoms with van der Waals surface area (Å²) in [6, 6.07) is 10.1. The highest BCUT2D eigenvalue weighted by atomic mass is 32.2. The van der Waals surface area contributed by atoms with Gasteiger partial charge in [-0.2, -0.15) is 4.31 Å². The van der Waals surface area contributed by atoms with Crippen molar-refractivity contribution in [3.8, 4) is 0 Å². The van der Waals surface area contributed by atoms with Crippen molar-refractivity contribution in [1.82, 2.24) is 14.4 Å². The molecule has 3 rings (SSSR count). The van der Waals surface area contributed by atoms with Crippen molar-refractivity contribution in [3.05, 3.63) is 53.4 Å². The number of aryl methyl sites for hydroxylation is 2. The van der Waals surface area contributed by atoms with Crippen molar-refractivity contribution < 1.29 is 12.9 Å². The van der Waals surface area contributed by atoms with Gasteiger partial charge in [-0.1, -0.05) is 47.6 Å². The molecule has 0 spiro atoms. The van der Waals surface area contributed by atoms with Crippen LogP contribution in [0.3, 0.4) is 0 Å². The highest BCUT2D eigenvalue weighted by Crippen LogP contribution is 2.24. The molecule has 1 aliphatic heterocycles. The van der Waals surface area contributed by atoms with E-state index in [1.165, 1.54) is 9.87 Å². The summed E-state index contributed by atoms with van der Waals surface area (Å²) in [6.07, 6.45) is 4.21. The van der Waals surface area contributed by atoms with Gasteiger partial charge in [-0.15, -0.1) is 0 Å². The lowest BCUT2D eigenvalue weighted by Crippen LogP contribution is -2.48. The van der Waals surface area contributed by atoms with Crippen LogP contribution in [-0.4, -0.2) is 55.5 Å². The van der Waals surface area contributed by atoms with E-state index in [1.807, 2.05) is 18.2 Å². The van der Waals surface area contributed by atoms with Gasteiger partial charge in [0.25, 0.3) is 0 Å². The first-order valence-corrected chi connectivity index (χ1v) is 9.79. The van der Waals surface area contributed by atoms with E-state index in [-0.39, 0.29) is 4.90 Å². The molecule has 0 N–H and O–H groups in total. The molecule has 0 saturated carbocycles. The van der Waals surface area contributed by atoms with Crippen LogP contribution < -0.4 is 0 Å². The Bertz CT molecular complexity index is 816. The van der Waals surface area contributed by atoms with Gasteiger partial charge in [-0.05, 0) is 19.4 Å². The highest BCUT2D eigenvalue weighted by Gasteiger charge is 2.32. The van der Waals surface area contributed by atoms with Crippen LogP contribution in [0.15, 0.2) is 45.8 Å². The van der Waals surface area contributed by atoms with Crippen LogP contribution in [0.25, 0.3) is 6.08 Å². The molecule has 0 unspecified atom stereocenters. The molecular formula is C18H23N3O3S. The fourth-order valence-electron chi connectivity index (χ4n) is 3.03. The predicted molar refractivity (Wildman–Crippen MR) is 96.7 cm³/mol. The second-order valence-electron chi connectivity index (χ2n) is 6.17. The third kappa shape index (κ3) is 4.00. The molecule has 25 heavy (non-hydrogen) atoms. The molecule has 0 amide bonds. The maximum absolute atomic E-state index is 12.8. The molecule has 134 valence electrons. The number of benzene rings is 1. The number of hydrogen-bond donors (Lipinski definition) is 0. The highest BCUT2D eigenvalue weighted by molar-refractivity contribution is 7.89. The number of rotatable bonds is 5. The van der Waals surface area contributed by atoms with Gasteiger partial charge in [0.2, 0.25) is 10.0 Å². The quantitative estimate of drug-likeness (QED) is 0.818. The van der Waals surface area contributed by atoms with E-state index in [1.54, 1.807) is 13.8 Å². The predicted octanol–water partition coefficient (Wildman–Crippen LogP) is 2.31. The summed E-state index contributed by atoms with van der Waals surface area (Å²) in [6.45, 7) is 6.49. The zero-order valence-electron chi connectivity index (χ0n) is 14.6. The lowest BCUT2D eigenvalue weighted by molar-refractivity contribution is 0.204. The molecule has 7 heteroatoms. The van der Waals surface area contributed by atoms with Crippen LogP contribution in [0.5, 0.6) is 0 Å². The largest absolute Gasteiger partial charge is 0.360 e. The van der Waals surface area contributed by atoms with Crippen LogP contribution in [0, 0.1) is 13.8 Å². The van der Waals surface area contributed by atoms with Gasteiger partial charge in [0, 0.05) is 32.7 Å². The van der Waals surface area contributed by atoms with Crippen molar-refractivity contribution >= 4 is 16.1 Å². The molecule has 0 bridgehead atoms. The van der Waals surface area contributed by atoms with Crippen LogP contribution in [0.1, 0.15) is 17.0 Å².